The fraction of sp³-hybridized carbons (Fsp3) is 0.200. The Hall–Kier alpha value is -2.34. The summed E-state index contributed by atoms with van der Waals surface area (Å²) in [6.45, 7) is 6.57. The van der Waals surface area contributed by atoms with Crippen LogP contribution in [0.15, 0.2) is 42.3 Å². The molecule has 1 heterocycles. The average Bonchev–Trinajstić information content (AvgIpc) is 2.96. The van der Waals surface area contributed by atoms with Crippen LogP contribution < -0.4 is 15.4 Å². The third-order valence-electron chi connectivity index (χ3n) is 2.56. The molecule has 0 aliphatic carbocycles. The van der Waals surface area contributed by atoms with Gasteiger partial charge in [0.1, 0.15) is 11.4 Å². The lowest BCUT2D eigenvalue weighted by molar-refractivity contribution is 0.0954. The number of benzene rings is 1. The van der Waals surface area contributed by atoms with E-state index in [-0.39, 0.29) is 5.91 Å². The molecule has 1 aromatic carbocycles. The molecule has 1 amide bonds. The lowest BCUT2D eigenvalue weighted by Crippen LogP contribution is -2.23. The number of amides is 1. The third kappa shape index (κ3) is 4.32. The summed E-state index contributed by atoms with van der Waals surface area (Å²) >= 11 is 1.38. The van der Waals surface area contributed by atoms with Crippen molar-refractivity contribution in [2.45, 2.75) is 6.92 Å². The van der Waals surface area contributed by atoms with Gasteiger partial charge in [0, 0.05) is 17.6 Å². The zero-order chi connectivity index (χ0) is 15.1. The fourth-order valence-corrected chi connectivity index (χ4v) is 2.33. The first kappa shape index (κ1) is 15.1. The Bertz CT molecular complexity index is 608. The van der Waals surface area contributed by atoms with Gasteiger partial charge in [-0.2, -0.15) is 0 Å². The first-order chi connectivity index (χ1) is 10.2. The summed E-state index contributed by atoms with van der Waals surface area (Å²) < 4.78 is 5.38. The van der Waals surface area contributed by atoms with Crippen LogP contribution in [0.4, 0.5) is 10.8 Å². The fourth-order valence-electron chi connectivity index (χ4n) is 1.62. The first-order valence-electron chi connectivity index (χ1n) is 6.57. The molecule has 2 rings (SSSR count). The Balaban J connectivity index is 1.98. The number of hydrogen-bond acceptors (Lipinski definition) is 5. The zero-order valence-electron chi connectivity index (χ0n) is 11.8. The summed E-state index contributed by atoms with van der Waals surface area (Å²) in [4.78, 5) is 16.0. The van der Waals surface area contributed by atoms with E-state index in [2.05, 4.69) is 22.2 Å². The lowest BCUT2D eigenvalue weighted by Gasteiger charge is -2.05. The second-order valence-electron chi connectivity index (χ2n) is 4.12. The van der Waals surface area contributed by atoms with Crippen LogP contribution in [0, 0.1) is 0 Å². The topological polar surface area (TPSA) is 63.2 Å². The molecule has 21 heavy (non-hydrogen) atoms. The van der Waals surface area contributed by atoms with Gasteiger partial charge in [0.2, 0.25) is 0 Å². The molecule has 0 aliphatic rings. The maximum atomic E-state index is 11.7. The highest BCUT2D eigenvalue weighted by molar-refractivity contribution is 7.14. The highest BCUT2D eigenvalue weighted by Crippen LogP contribution is 2.22. The van der Waals surface area contributed by atoms with Crippen LogP contribution in [0.25, 0.3) is 0 Å². The van der Waals surface area contributed by atoms with Crippen molar-refractivity contribution in [2.24, 2.45) is 0 Å². The van der Waals surface area contributed by atoms with Gasteiger partial charge >= 0.3 is 0 Å². The molecule has 0 unspecified atom stereocenters. The minimum absolute atomic E-state index is 0.203. The Morgan fingerprint density at radius 2 is 2.19 bits per heavy atom. The summed E-state index contributed by atoms with van der Waals surface area (Å²) in [5.74, 6) is 0.623. The summed E-state index contributed by atoms with van der Waals surface area (Å²) in [6, 6.07) is 7.59. The van der Waals surface area contributed by atoms with Crippen LogP contribution in [0.1, 0.15) is 17.4 Å². The van der Waals surface area contributed by atoms with Crippen LogP contribution >= 0.6 is 11.3 Å². The molecule has 0 bridgehead atoms. The second kappa shape index (κ2) is 7.44. The molecule has 1 aromatic heterocycles. The van der Waals surface area contributed by atoms with E-state index in [1.54, 1.807) is 11.5 Å². The van der Waals surface area contributed by atoms with Crippen molar-refractivity contribution in [3.05, 3.63) is 48.0 Å². The van der Waals surface area contributed by atoms with Gasteiger partial charge in [0.25, 0.3) is 5.91 Å². The van der Waals surface area contributed by atoms with Gasteiger partial charge in [-0.05, 0) is 31.2 Å². The van der Waals surface area contributed by atoms with E-state index in [0.29, 0.717) is 24.0 Å². The van der Waals surface area contributed by atoms with Crippen LogP contribution in [0.5, 0.6) is 5.75 Å². The molecule has 110 valence electrons. The third-order valence-corrected chi connectivity index (χ3v) is 3.32. The van der Waals surface area contributed by atoms with E-state index in [1.807, 2.05) is 31.2 Å². The van der Waals surface area contributed by atoms with E-state index < -0.39 is 0 Å². The molecule has 5 nitrogen and oxygen atoms in total. The molecule has 0 saturated carbocycles. The quantitative estimate of drug-likeness (QED) is 0.771. The van der Waals surface area contributed by atoms with Gasteiger partial charge in [0.15, 0.2) is 5.13 Å². The minimum Gasteiger partial charge on any atom is -0.494 e. The van der Waals surface area contributed by atoms with Crippen LogP contribution in [0.3, 0.4) is 0 Å². The summed E-state index contributed by atoms with van der Waals surface area (Å²) in [6.07, 6.45) is 1.63. The van der Waals surface area contributed by atoms with Gasteiger partial charge in [0.05, 0.1) is 6.61 Å². The molecule has 2 aromatic rings. The van der Waals surface area contributed by atoms with Crippen LogP contribution in [-0.2, 0) is 0 Å². The van der Waals surface area contributed by atoms with E-state index in [9.17, 15) is 4.79 Å². The Morgan fingerprint density at radius 3 is 2.86 bits per heavy atom. The van der Waals surface area contributed by atoms with Gasteiger partial charge in [-0.1, -0.05) is 6.08 Å². The van der Waals surface area contributed by atoms with Crippen molar-refractivity contribution in [3.8, 4) is 5.75 Å². The summed E-state index contributed by atoms with van der Waals surface area (Å²) in [5, 5.41) is 8.23. The van der Waals surface area contributed by atoms with Crippen LogP contribution in [0.2, 0.25) is 0 Å². The number of ether oxygens (including phenoxy) is 1. The molecule has 0 atom stereocenters. The Morgan fingerprint density at radius 1 is 1.43 bits per heavy atom. The Kier molecular flexibility index (Phi) is 5.34. The molecule has 0 fully saturated rings. The number of carbonyl (C=O) groups excluding carboxylic acids is 1. The van der Waals surface area contributed by atoms with Crippen LogP contribution in [-0.4, -0.2) is 24.0 Å². The number of anilines is 2. The molecule has 0 aliphatic heterocycles. The maximum Gasteiger partial charge on any atom is 0.271 e. The molecule has 2 N–H and O–H groups in total. The molecule has 0 spiro atoms. The van der Waals surface area contributed by atoms with Crippen molar-refractivity contribution >= 4 is 28.1 Å². The van der Waals surface area contributed by atoms with Crippen molar-refractivity contribution < 1.29 is 9.53 Å². The monoisotopic (exact) mass is 303 g/mol. The highest BCUT2D eigenvalue weighted by Gasteiger charge is 2.09. The molecular formula is C15H17N3O2S. The Labute approximate surface area is 127 Å². The normalized spacial score (nSPS) is 9.95. The van der Waals surface area contributed by atoms with Crippen molar-refractivity contribution in [1.29, 1.82) is 0 Å². The smallest absolute Gasteiger partial charge is 0.271 e. The summed E-state index contributed by atoms with van der Waals surface area (Å²) in [5.41, 5.74) is 1.29. The number of rotatable bonds is 7. The molecule has 6 heteroatoms. The number of aromatic nitrogens is 1. The van der Waals surface area contributed by atoms with Crippen molar-refractivity contribution in [3.63, 3.8) is 0 Å². The standard InChI is InChI=1S/C15H17N3O2S/c1-3-9-16-14(19)13-10-21-15(18-13)17-11-5-7-12(8-6-11)20-4-2/h3,5-8,10H,1,4,9H2,2H3,(H,16,19)(H,17,18). The van der Waals surface area contributed by atoms with E-state index in [0.717, 1.165) is 11.4 Å². The van der Waals surface area contributed by atoms with E-state index in [1.165, 1.54) is 11.3 Å². The van der Waals surface area contributed by atoms with Gasteiger partial charge in [-0.3, -0.25) is 4.79 Å². The predicted octanol–water partition coefficient (Wildman–Crippen LogP) is 3.20. The number of thiazole rings is 1. The zero-order valence-corrected chi connectivity index (χ0v) is 12.6. The molecule has 0 radical (unpaired) electrons. The highest BCUT2D eigenvalue weighted by atomic mass is 32.1. The second-order valence-corrected chi connectivity index (χ2v) is 4.98. The van der Waals surface area contributed by atoms with Gasteiger partial charge < -0.3 is 15.4 Å². The van der Waals surface area contributed by atoms with Crippen molar-refractivity contribution in [2.75, 3.05) is 18.5 Å². The number of hydrogen-bond donors (Lipinski definition) is 2. The minimum atomic E-state index is -0.203. The van der Waals surface area contributed by atoms with Crippen molar-refractivity contribution in [1.82, 2.24) is 10.3 Å². The van der Waals surface area contributed by atoms with Gasteiger partial charge in [-0.25, -0.2) is 4.98 Å². The number of nitrogens with one attached hydrogen (secondary N) is 2. The average molecular weight is 303 g/mol. The molecule has 0 saturated heterocycles. The summed E-state index contributed by atoms with van der Waals surface area (Å²) in [7, 11) is 0. The van der Waals surface area contributed by atoms with E-state index >= 15 is 0 Å². The van der Waals surface area contributed by atoms with E-state index in [4.69, 9.17) is 4.74 Å². The number of carbonyl (C=O) groups is 1. The number of nitrogens with zero attached hydrogens (tertiary/aromatic N) is 1. The largest absolute Gasteiger partial charge is 0.494 e. The lowest BCUT2D eigenvalue weighted by atomic mass is 10.3. The maximum absolute atomic E-state index is 11.7. The van der Waals surface area contributed by atoms with Gasteiger partial charge in [-0.15, -0.1) is 17.9 Å². The molecular weight excluding hydrogens is 286 g/mol. The predicted molar refractivity (Wildman–Crippen MR) is 85.5 cm³/mol. The SMILES string of the molecule is C=CCNC(=O)c1csc(Nc2ccc(OCC)cc2)n1. The first-order valence-corrected chi connectivity index (χ1v) is 7.45.